The van der Waals surface area contributed by atoms with Gasteiger partial charge in [0.2, 0.25) is 0 Å². The molecule has 2 aromatic rings. The van der Waals surface area contributed by atoms with E-state index >= 15 is 0 Å². The number of methoxy groups -OCH3 is 1. The first-order valence-electron chi connectivity index (χ1n) is 5.35. The summed E-state index contributed by atoms with van der Waals surface area (Å²) in [6.07, 6.45) is 1.50. The molecule has 0 aliphatic carbocycles. The molecule has 0 spiro atoms. The van der Waals surface area contributed by atoms with Crippen LogP contribution in [0.4, 0.5) is 4.39 Å². The van der Waals surface area contributed by atoms with Gasteiger partial charge in [-0.05, 0) is 12.1 Å². The predicted octanol–water partition coefficient (Wildman–Crippen LogP) is 2.63. The molecule has 1 heterocycles. The highest BCUT2D eigenvalue weighted by molar-refractivity contribution is 7.90. The molecule has 0 saturated carbocycles. The van der Waals surface area contributed by atoms with Crippen molar-refractivity contribution in [1.29, 1.82) is 0 Å². The number of hydrogen-bond acceptors (Lipinski definition) is 3. The van der Waals surface area contributed by atoms with Crippen LogP contribution in [0.25, 0.3) is 11.3 Å². The van der Waals surface area contributed by atoms with Crippen LogP contribution in [0.3, 0.4) is 0 Å². The summed E-state index contributed by atoms with van der Waals surface area (Å²) in [5, 5.41) is 4.70. The lowest BCUT2D eigenvalue weighted by molar-refractivity contribution is 0.411. The van der Waals surface area contributed by atoms with Gasteiger partial charge in [0, 0.05) is 29.9 Å². The Morgan fingerprint density at radius 2 is 2.16 bits per heavy atom. The summed E-state index contributed by atoms with van der Waals surface area (Å²) in [5.74, 6) is -0.0830. The summed E-state index contributed by atoms with van der Waals surface area (Å²) in [5.41, 5.74) is 0.521. The van der Waals surface area contributed by atoms with E-state index in [4.69, 9.17) is 16.3 Å². The first-order valence-corrected chi connectivity index (χ1v) is 7.29. The lowest BCUT2D eigenvalue weighted by Gasteiger charge is -2.04. The van der Waals surface area contributed by atoms with Crippen molar-refractivity contribution >= 4 is 22.8 Å². The minimum atomic E-state index is -1.30. The van der Waals surface area contributed by atoms with Crippen LogP contribution in [0.1, 0.15) is 0 Å². The van der Waals surface area contributed by atoms with Crippen molar-refractivity contribution in [3.63, 3.8) is 0 Å². The van der Waals surface area contributed by atoms with E-state index in [1.807, 2.05) is 0 Å². The van der Waals surface area contributed by atoms with E-state index < -0.39 is 17.0 Å². The lowest BCUT2D eigenvalue weighted by Crippen LogP contribution is -2.05. The zero-order valence-corrected chi connectivity index (χ0v) is 12.2. The van der Waals surface area contributed by atoms with Gasteiger partial charge in [-0.15, -0.1) is 0 Å². The summed E-state index contributed by atoms with van der Waals surface area (Å²) in [6.45, 7) is 0. The predicted molar refractivity (Wildman–Crippen MR) is 72.5 cm³/mol. The molecule has 0 aliphatic heterocycles. The minimum Gasteiger partial charge on any atom is -0.610 e. The molecule has 0 bridgehead atoms. The van der Waals surface area contributed by atoms with E-state index in [1.54, 1.807) is 13.1 Å². The van der Waals surface area contributed by atoms with Crippen LogP contribution in [-0.2, 0) is 18.2 Å². The quantitative estimate of drug-likeness (QED) is 0.819. The molecule has 1 unspecified atom stereocenters. The highest BCUT2D eigenvalue weighted by Crippen LogP contribution is 2.34. The molecule has 0 N–H and O–H groups in total. The Bertz CT molecular complexity index is 616. The summed E-state index contributed by atoms with van der Waals surface area (Å²) >= 11 is 4.83. The largest absolute Gasteiger partial charge is 0.610 e. The number of halogens is 2. The fraction of sp³-hybridized carbons (Fsp3) is 0.250. The molecule has 0 fully saturated rings. The zero-order valence-electron chi connectivity index (χ0n) is 10.6. The average molecular weight is 303 g/mol. The van der Waals surface area contributed by atoms with E-state index in [1.165, 1.54) is 30.2 Å². The van der Waals surface area contributed by atoms with Gasteiger partial charge in [0.05, 0.1) is 7.11 Å². The molecule has 7 heteroatoms. The number of ether oxygens (including phenoxy) is 1. The zero-order chi connectivity index (χ0) is 14.2. The third kappa shape index (κ3) is 2.56. The molecular weight excluding hydrogens is 291 g/mol. The second kappa shape index (κ2) is 5.40. The van der Waals surface area contributed by atoms with E-state index in [0.717, 1.165) is 0 Å². The van der Waals surface area contributed by atoms with Gasteiger partial charge in [0.1, 0.15) is 28.5 Å². The fourth-order valence-corrected chi connectivity index (χ4v) is 3.13. The Morgan fingerprint density at radius 1 is 1.47 bits per heavy atom. The maximum Gasteiger partial charge on any atom is 0.262 e. The van der Waals surface area contributed by atoms with Crippen molar-refractivity contribution in [2.75, 3.05) is 13.4 Å². The molecule has 1 aromatic heterocycles. The van der Waals surface area contributed by atoms with Crippen LogP contribution in [0, 0.1) is 5.82 Å². The van der Waals surface area contributed by atoms with Crippen LogP contribution < -0.4 is 4.74 Å². The summed E-state index contributed by atoms with van der Waals surface area (Å²) in [7, 11) is 3.08. The molecular formula is C12H12ClFN2O2S. The lowest BCUT2D eigenvalue weighted by atomic mass is 10.1. The van der Waals surface area contributed by atoms with Gasteiger partial charge in [-0.3, -0.25) is 0 Å². The normalized spacial score (nSPS) is 12.5. The molecule has 102 valence electrons. The van der Waals surface area contributed by atoms with Gasteiger partial charge in [-0.1, -0.05) is 11.6 Å². The molecule has 19 heavy (non-hydrogen) atoms. The van der Waals surface area contributed by atoms with Crippen LogP contribution in [-0.4, -0.2) is 27.7 Å². The van der Waals surface area contributed by atoms with Gasteiger partial charge in [-0.25, -0.2) is 9.07 Å². The van der Waals surface area contributed by atoms with Gasteiger partial charge in [0.15, 0.2) is 0 Å². The van der Waals surface area contributed by atoms with Crippen molar-refractivity contribution in [1.82, 2.24) is 9.78 Å². The molecule has 1 aromatic carbocycles. The highest BCUT2D eigenvalue weighted by atomic mass is 35.5. The van der Waals surface area contributed by atoms with Gasteiger partial charge in [-0.2, -0.15) is 5.10 Å². The maximum atomic E-state index is 14.0. The van der Waals surface area contributed by atoms with E-state index in [2.05, 4.69) is 5.10 Å². The first kappa shape index (κ1) is 14.2. The second-order valence-corrected chi connectivity index (χ2v) is 5.56. The van der Waals surface area contributed by atoms with Crippen LogP contribution in [0.15, 0.2) is 23.2 Å². The number of benzene rings is 1. The Kier molecular flexibility index (Phi) is 4.03. The van der Waals surface area contributed by atoms with Crippen LogP contribution in [0.5, 0.6) is 5.75 Å². The molecule has 0 radical (unpaired) electrons. The molecule has 0 aliphatic rings. The number of aryl methyl sites for hydroxylation is 1. The standard InChI is InChI=1S/C12H12ClFN2O2S/c1-16-12(19(3)17)10(13)11(15-16)8-5-4-7(18-2)6-9(8)14/h4-6H,1-3H3. The third-order valence-electron chi connectivity index (χ3n) is 2.64. The first-order chi connectivity index (χ1) is 8.95. The van der Waals surface area contributed by atoms with Crippen LogP contribution >= 0.6 is 11.6 Å². The van der Waals surface area contributed by atoms with Crippen molar-refractivity contribution in [2.24, 2.45) is 7.05 Å². The fourth-order valence-electron chi connectivity index (χ4n) is 1.78. The topological polar surface area (TPSA) is 50.1 Å². The Labute approximate surface area is 118 Å². The molecule has 2 rings (SSSR count). The van der Waals surface area contributed by atoms with Gasteiger partial charge >= 0.3 is 0 Å². The van der Waals surface area contributed by atoms with Crippen molar-refractivity contribution in [3.8, 4) is 17.0 Å². The molecule has 0 saturated heterocycles. The highest BCUT2D eigenvalue weighted by Gasteiger charge is 2.24. The summed E-state index contributed by atoms with van der Waals surface area (Å²) < 4.78 is 31.9. The Hall–Kier alpha value is -1.24. The molecule has 1 atom stereocenters. The average Bonchev–Trinajstić information content (AvgIpc) is 2.64. The smallest absolute Gasteiger partial charge is 0.262 e. The van der Waals surface area contributed by atoms with Crippen LogP contribution in [0.2, 0.25) is 5.02 Å². The number of hydrogen-bond donors (Lipinski definition) is 0. The Morgan fingerprint density at radius 3 is 2.63 bits per heavy atom. The third-order valence-corrected chi connectivity index (χ3v) is 4.13. The van der Waals surface area contributed by atoms with Crippen molar-refractivity contribution < 1.29 is 13.7 Å². The van der Waals surface area contributed by atoms with E-state index in [-0.39, 0.29) is 16.3 Å². The van der Waals surface area contributed by atoms with E-state index in [9.17, 15) is 8.94 Å². The maximum absolute atomic E-state index is 14.0. The van der Waals surface area contributed by atoms with E-state index in [0.29, 0.717) is 10.8 Å². The molecule has 4 nitrogen and oxygen atoms in total. The van der Waals surface area contributed by atoms with Gasteiger partial charge in [0.25, 0.3) is 5.03 Å². The minimum absolute atomic E-state index is 0.201. The summed E-state index contributed by atoms with van der Waals surface area (Å²) in [6, 6.07) is 4.40. The monoisotopic (exact) mass is 302 g/mol. The van der Waals surface area contributed by atoms with Gasteiger partial charge < -0.3 is 9.29 Å². The number of aromatic nitrogens is 2. The molecule has 0 amide bonds. The Balaban J connectivity index is 2.57. The number of rotatable bonds is 3. The van der Waals surface area contributed by atoms with Crippen molar-refractivity contribution in [3.05, 3.63) is 29.0 Å². The second-order valence-electron chi connectivity index (χ2n) is 3.89. The SMILES string of the molecule is COc1ccc(-c2nn(C)c([S+](C)[O-])c2Cl)c(F)c1. The van der Waals surface area contributed by atoms with Crippen molar-refractivity contribution in [2.45, 2.75) is 5.03 Å². The number of nitrogens with zero attached hydrogens (tertiary/aromatic N) is 2. The summed E-state index contributed by atoms with van der Waals surface area (Å²) in [4.78, 5) is 0.